The maximum absolute atomic E-state index is 13.9. The standard InChI is InChI=1S/C28H31Cl2N3O4S/c1-4-17-31-28(35)21(3)32(18-22-9-11-23(29)12-10-22)27(34)19-33(26-8-6-5-7-20(26)2)38(36,37)25-15-13-24(30)14-16-25/h5-16,21H,4,17-19H2,1-3H3,(H,31,35). The van der Waals surface area contributed by atoms with Crippen molar-refractivity contribution >= 4 is 50.7 Å². The number of nitrogens with one attached hydrogen (secondary N) is 1. The van der Waals surface area contributed by atoms with Gasteiger partial charge in [0, 0.05) is 23.1 Å². The van der Waals surface area contributed by atoms with Crippen molar-refractivity contribution in [3.8, 4) is 0 Å². The summed E-state index contributed by atoms with van der Waals surface area (Å²) in [6.07, 6.45) is 0.740. The molecule has 38 heavy (non-hydrogen) atoms. The number of halogens is 2. The zero-order chi connectivity index (χ0) is 27.9. The second kappa shape index (κ2) is 13.1. The molecule has 10 heteroatoms. The van der Waals surface area contributed by atoms with Crippen LogP contribution < -0.4 is 9.62 Å². The van der Waals surface area contributed by atoms with Gasteiger partial charge in [-0.05, 0) is 73.9 Å². The molecule has 0 bridgehead atoms. The highest BCUT2D eigenvalue weighted by Gasteiger charge is 2.33. The highest BCUT2D eigenvalue weighted by Crippen LogP contribution is 2.28. The van der Waals surface area contributed by atoms with Crippen LogP contribution in [0.25, 0.3) is 0 Å². The molecule has 3 rings (SSSR count). The minimum absolute atomic E-state index is 0.00376. The van der Waals surface area contributed by atoms with Gasteiger partial charge in [0.25, 0.3) is 10.0 Å². The molecule has 0 aromatic heterocycles. The van der Waals surface area contributed by atoms with E-state index in [0.717, 1.165) is 16.3 Å². The van der Waals surface area contributed by atoms with Crippen molar-refractivity contribution in [3.63, 3.8) is 0 Å². The lowest BCUT2D eigenvalue weighted by molar-refractivity contribution is -0.139. The minimum Gasteiger partial charge on any atom is -0.354 e. The van der Waals surface area contributed by atoms with Gasteiger partial charge in [-0.25, -0.2) is 8.42 Å². The number of carbonyl (C=O) groups excluding carboxylic acids is 2. The predicted molar refractivity (Wildman–Crippen MR) is 152 cm³/mol. The van der Waals surface area contributed by atoms with Crippen LogP contribution >= 0.6 is 23.2 Å². The number of aryl methyl sites for hydroxylation is 1. The number of para-hydroxylation sites is 1. The van der Waals surface area contributed by atoms with Gasteiger partial charge in [-0.1, -0.05) is 60.5 Å². The van der Waals surface area contributed by atoms with E-state index in [1.807, 2.05) is 6.92 Å². The van der Waals surface area contributed by atoms with Gasteiger partial charge in [-0.2, -0.15) is 0 Å². The van der Waals surface area contributed by atoms with Gasteiger partial charge in [0.1, 0.15) is 12.6 Å². The molecule has 0 spiro atoms. The molecular formula is C28H31Cl2N3O4S. The van der Waals surface area contributed by atoms with Crippen LogP contribution in [-0.2, 0) is 26.2 Å². The third-order valence-electron chi connectivity index (χ3n) is 6.05. The molecule has 0 radical (unpaired) electrons. The Labute approximate surface area is 234 Å². The Morgan fingerprint density at radius 2 is 1.50 bits per heavy atom. The monoisotopic (exact) mass is 575 g/mol. The maximum Gasteiger partial charge on any atom is 0.264 e. The van der Waals surface area contributed by atoms with Crippen LogP contribution in [0.3, 0.4) is 0 Å². The molecule has 0 aliphatic heterocycles. The van der Waals surface area contributed by atoms with Gasteiger partial charge in [-0.15, -0.1) is 0 Å². The lowest BCUT2D eigenvalue weighted by Crippen LogP contribution is -2.51. The molecular weight excluding hydrogens is 545 g/mol. The Morgan fingerprint density at radius 1 is 0.921 bits per heavy atom. The molecule has 0 heterocycles. The summed E-state index contributed by atoms with van der Waals surface area (Å²) < 4.78 is 28.7. The largest absolute Gasteiger partial charge is 0.354 e. The van der Waals surface area contributed by atoms with E-state index in [-0.39, 0.29) is 17.3 Å². The molecule has 202 valence electrons. The zero-order valence-corrected chi connectivity index (χ0v) is 23.9. The highest BCUT2D eigenvalue weighted by atomic mass is 35.5. The van der Waals surface area contributed by atoms with Crippen molar-refractivity contribution in [1.82, 2.24) is 10.2 Å². The third kappa shape index (κ3) is 7.28. The van der Waals surface area contributed by atoms with Gasteiger partial charge in [-0.3, -0.25) is 13.9 Å². The Hall–Kier alpha value is -3.07. The van der Waals surface area contributed by atoms with Gasteiger partial charge in [0.05, 0.1) is 10.6 Å². The molecule has 1 N–H and O–H groups in total. The Kier molecular flexibility index (Phi) is 10.2. The average Bonchev–Trinajstić information content (AvgIpc) is 2.90. The van der Waals surface area contributed by atoms with Crippen LogP contribution in [0.5, 0.6) is 0 Å². The SMILES string of the molecule is CCCNC(=O)C(C)N(Cc1ccc(Cl)cc1)C(=O)CN(c1ccccc1C)S(=O)(=O)c1ccc(Cl)cc1. The van der Waals surface area contributed by atoms with Crippen molar-refractivity contribution in [2.75, 3.05) is 17.4 Å². The fourth-order valence-electron chi connectivity index (χ4n) is 3.86. The summed E-state index contributed by atoms with van der Waals surface area (Å²) in [5.74, 6) is -0.850. The highest BCUT2D eigenvalue weighted by molar-refractivity contribution is 7.92. The fourth-order valence-corrected chi connectivity index (χ4v) is 5.59. The average molecular weight is 577 g/mol. The lowest BCUT2D eigenvalue weighted by atomic mass is 10.1. The first-order valence-electron chi connectivity index (χ1n) is 12.2. The molecule has 0 fully saturated rings. The van der Waals surface area contributed by atoms with Gasteiger partial charge >= 0.3 is 0 Å². The van der Waals surface area contributed by atoms with Gasteiger partial charge in [0.2, 0.25) is 11.8 Å². The summed E-state index contributed by atoms with van der Waals surface area (Å²) in [6.45, 7) is 5.39. The van der Waals surface area contributed by atoms with Crippen molar-refractivity contribution in [3.05, 3.63) is 94.0 Å². The first kappa shape index (κ1) is 29.5. The Balaban J connectivity index is 2.02. The number of rotatable bonds is 11. The molecule has 1 unspecified atom stereocenters. The van der Waals surface area contributed by atoms with Crippen LogP contribution in [0, 0.1) is 6.92 Å². The molecule has 0 saturated carbocycles. The molecule has 0 aliphatic carbocycles. The number of hydrogen-bond donors (Lipinski definition) is 1. The third-order valence-corrected chi connectivity index (χ3v) is 8.33. The topological polar surface area (TPSA) is 86.8 Å². The molecule has 2 amide bonds. The Morgan fingerprint density at radius 3 is 2.08 bits per heavy atom. The van der Waals surface area contributed by atoms with E-state index in [1.165, 1.54) is 29.2 Å². The smallest absolute Gasteiger partial charge is 0.264 e. The van der Waals surface area contributed by atoms with Crippen LogP contribution in [0.15, 0.2) is 77.7 Å². The molecule has 0 saturated heterocycles. The van der Waals surface area contributed by atoms with Crippen molar-refractivity contribution in [2.45, 2.75) is 44.7 Å². The molecule has 7 nitrogen and oxygen atoms in total. The van der Waals surface area contributed by atoms with E-state index < -0.39 is 28.5 Å². The number of sulfonamides is 1. The Bertz CT molecular complexity index is 1360. The summed E-state index contributed by atoms with van der Waals surface area (Å²) >= 11 is 12.0. The first-order valence-corrected chi connectivity index (χ1v) is 14.4. The van der Waals surface area contributed by atoms with Crippen molar-refractivity contribution in [2.24, 2.45) is 0 Å². The van der Waals surface area contributed by atoms with E-state index in [0.29, 0.717) is 27.8 Å². The minimum atomic E-state index is -4.15. The van der Waals surface area contributed by atoms with Crippen molar-refractivity contribution < 1.29 is 18.0 Å². The number of anilines is 1. The summed E-state index contributed by atoms with van der Waals surface area (Å²) in [6, 6.07) is 18.8. The quantitative estimate of drug-likeness (QED) is 0.330. The van der Waals surface area contributed by atoms with Crippen LogP contribution in [0.4, 0.5) is 5.69 Å². The van der Waals surface area contributed by atoms with E-state index in [1.54, 1.807) is 62.4 Å². The second-order valence-corrected chi connectivity index (χ2v) is 11.6. The molecule has 3 aromatic rings. The fraction of sp³-hybridized carbons (Fsp3) is 0.286. The van der Waals surface area contributed by atoms with Crippen LogP contribution in [0.2, 0.25) is 10.0 Å². The number of nitrogens with zero attached hydrogens (tertiary/aromatic N) is 2. The van der Waals surface area contributed by atoms with Crippen LogP contribution in [-0.4, -0.2) is 44.3 Å². The maximum atomic E-state index is 13.9. The number of amides is 2. The van der Waals surface area contributed by atoms with Gasteiger partial charge < -0.3 is 10.2 Å². The number of carbonyl (C=O) groups is 2. The van der Waals surface area contributed by atoms with E-state index in [2.05, 4.69) is 5.32 Å². The summed E-state index contributed by atoms with van der Waals surface area (Å²) in [5, 5.41) is 3.75. The van der Waals surface area contributed by atoms with E-state index in [4.69, 9.17) is 23.2 Å². The van der Waals surface area contributed by atoms with Crippen molar-refractivity contribution in [1.29, 1.82) is 0 Å². The zero-order valence-electron chi connectivity index (χ0n) is 21.5. The van der Waals surface area contributed by atoms with E-state index in [9.17, 15) is 18.0 Å². The molecule has 3 aromatic carbocycles. The summed E-state index contributed by atoms with van der Waals surface area (Å²) in [4.78, 5) is 28.1. The molecule has 0 aliphatic rings. The second-order valence-electron chi connectivity index (χ2n) is 8.87. The lowest BCUT2D eigenvalue weighted by Gasteiger charge is -2.32. The normalized spacial score (nSPS) is 12.0. The van der Waals surface area contributed by atoms with Crippen LogP contribution in [0.1, 0.15) is 31.4 Å². The number of benzene rings is 3. The first-order chi connectivity index (χ1) is 18.0. The summed E-state index contributed by atoms with van der Waals surface area (Å²) in [7, 11) is -4.15. The number of hydrogen-bond acceptors (Lipinski definition) is 4. The summed E-state index contributed by atoms with van der Waals surface area (Å²) in [5.41, 5.74) is 1.79. The van der Waals surface area contributed by atoms with Gasteiger partial charge in [0.15, 0.2) is 0 Å². The predicted octanol–water partition coefficient (Wildman–Crippen LogP) is 5.44. The van der Waals surface area contributed by atoms with E-state index >= 15 is 0 Å². The molecule has 1 atom stereocenters.